The molecule has 0 fully saturated rings. The van der Waals surface area contributed by atoms with Gasteiger partial charge in [0.05, 0.1) is 6.61 Å². The summed E-state index contributed by atoms with van der Waals surface area (Å²) >= 11 is 6.24. The van der Waals surface area contributed by atoms with Crippen LogP contribution in [-0.4, -0.2) is 54.5 Å². The lowest BCUT2D eigenvalue weighted by Crippen LogP contribution is -2.55. The van der Waals surface area contributed by atoms with E-state index in [-0.39, 0.29) is 50.7 Å². The molecule has 0 heterocycles. The van der Waals surface area contributed by atoms with E-state index in [4.69, 9.17) is 21.1 Å². The second-order valence-electron chi connectivity index (χ2n) is 15.4. The second-order valence-corrected chi connectivity index (χ2v) is 15.8. The lowest BCUT2D eigenvalue weighted by molar-refractivity contribution is -0.137. The fourth-order valence-corrected chi connectivity index (χ4v) is 7.39. The van der Waals surface area contributed by atoms with Crippen LogP contribution in [0.25, 0.3) is 0 Å². The summed E-state index contributed by atoms with van der Waals surface area (Å²) in [5, 5.41) is 12.3. The highest BCUT2D eigenvalue weighted by Crippen LogP contribution is 2.37. The molecule has 11 nitrogen and oxygen atoms in total. The zero-order valence-electron chi connectivity index (χ0n) is 35.8. The van der Waals surface area contributed by atoms with Crippen LogP contribution in [0, 0.1) is 5.92 Å². The molecule has 0 saturated carbocycles. The van der Waals surface area contributed by atoms with Gasteiger partial charge in [0, 0.05) is 35.5 Å². The molecule has 0 aromatic heterocycles. The lowest BCUT2D eigenvalue weighted by Gasteiger charge is -2.37. The van der Waals surface area contributed by atoms with Gasteiger partial charge < -0.3 is 30.7 Å². The monoisotopic (exact) mass is 870 g/mol. The van der Waals surface area contributed by atoms with Crippen molar-refractivity contribution in [3.63, 3.8) is 0 Å². The minimum Gasteiger partial charge on any atom is -0.463 e. The van der Waals surface area contributed by atoms with Gasteiger partial charge in [0.2, 0.25) is 17.7 Å². The quantitative estimate of drug-likeness (QED) is 0.0330. The van der Waals surface area contributed by atoms with Gasteiger partial charge in [0.15, 0.2) is 0 Å². The van der Waals surface area contributed by atoms with Gasteiger partial charge in [-0.15, -0.1) is 0 Å². The third-order valence-electron chi connectivity index (χ3n) is 10.3. The number of halogens is 1. The highest BCUT2D eigenvalue weighted by molar-refractivity contribution is 6.31. The molecule has 0 unspecified atom stereocenters. The summed E-state index contributed by atoms with van der Waals surface area (Å²) in [5.41, 5.74) is 2.85. The number of nitrogens with one attached hydrogen (secondary N) is 4. The average Bonchev–Trinajstić information content (AvgIpc) is 3.29. The van der Waals surface area contributed by atoms with Crippen LogP contribution in [0.15, 0.2) is 158 Å². The average molecular weight is 871 g/mol. The minimum absolute atomic E-state index is 0.0148. The predicted molar refractivity (Wildman–Crippen MR) is 244 cm³/mol. The molecule has 328 valence electrons. The maximum absolute atomic E-state index is 14.3. The minimum atomic E-state index is -1.12. The van der Waals surface area contributed by atoms with Crippen molar-refractivity contribution >= 4 is 41.4 Å². The number of rotatable bonds is 21. The summed E-state index contributed by atoms with van der Waals surface area (Å²) in [5.74, 6) is -2.10. The summed E-state index contributed by atoms with van der Waals surface area (Å²) in [4.78, 5) is 68.2. The molecule has 0 aliphatic rings. The van der Waals surface area contributed by atoms with Crippen molar-refractivity contribution in [2.75, 3.05) is 6.61 Å². The fraction of sp³-hybridized carbons (Fsp3) is 0.275. The number of hydrogen-bond donors (Lipinski definition) is 4. The van der Waals surface area contributed by atoms with Crippen molar-refractivity contribution in [2.24, 2.45) is 5.92 Å². The predicted octanol–water partition coefficient (Wildman–Crippen LogP) is 8.20. The Morgan fingerprint density at radius 1 is 0.651 bits per heavy atom. The highest BCUT2D eigenvalue weighted by Gasteiger charge is 2.38. The van der Waals surface area contributed by atoms with Crippen molar-refractivity contribution in [3.8, 4) is 0 Å². The van der Waals surface area contributed by atoms with Gasteiger partial charge in [-0.3, -0.25) is 14.4 Å². The molecule has 5 aromatic carbocycles. The van der Waals surface area contributed by atoms with E-state index in [0.717, 1.165) is 22.3 Å². The van der Waals surface area contributed by atoms with Gasteiger partial charge in [0.25, 0.3) is 0 Å². The molecule has 5 rings (SSSR count). The van der Waals surface area contributed by atoms with E-state index in [1.54, 1.807) is 31.2 Å². The topological polar surface area (TPSA) is 152 Å². The summed E-state index contributed by atoms with van der Waals surface area (Å²) < 4.78 is 10.5. The molecule has 0 bridgehead atoms. The molecule has 0 aliphatic carbocycles. The molecule has 63 heavy (non-hydrogen) atoms. The van der Waals surface area contributed by atoms with Crippen molar-refractivity contribution in [3.05, 3.63) is 191 Å². The zero-order valence-corrected chi connectivity index (χ0v) is 36.6. The van der Waals surface area contributed by atoms with Crippen LogP contribution in [0.4, 0.5) is 4.79 Å². The number of amides is 4. The highest BCUT2D eigenvalue weighted by atomic mass is 35.5. The first-order chi connectivity index (χ1) is 30.5. The van der Waals surface area contributed by atoms with E-state index < -0.39 is 47.5 Å². The Balaban J connectivity index is 1.38. The van der Waals surface area contributed by atoms with Crippen molar-refractivity contribution in [2.45, 2.75) is 76.7 Å². The van der Waals surface area contributed by atoms with Crippen LogP contribution in [0.1, 0.15) is 67.9 Å². The maximum Gasteiger partial charge on any atom is 0.408 e. The first-order valence-electron chi connectivity index (χ1n) is 21.1. The molecule has 0 saturated heterocycles. The molecule has 4 amide bonds. The molecule has 0 spiro atoms. The summed E-state index contributed by atoms with van der Waals surface area (Å²) in [6, 6.07) is 42.2. The Morgan fingerprint density at radius 3 is 1.71 bits per heavy atom. The molecule has 5 aromatic rings. The Labute approximate surface area is 374 Å². The van der Waals surface area contributed by atoms with Gasteiger partial charge in [-0.2, -0.15) is 0 Å². The molecule has 12 heteroatoms. The van der Waals surface area contributed by atoms with Crippen molar-refractivity contribution in [1.29, 1.82) is 0 Å². The lowest BCUT2D eigenvalue weighted by atomic mass is 9.77. The van der Waals surface area contributed by atoms with E-state index in [0.29, 0.717) is 10.6 Å². The summed E-state index contributed by atoms with van der Waals surface area (Å²) in [6.07, 6.45) is 2.27. The number of alkyl carbamates (subject to hydrolysis) is 1. The maximum atomic E-state index is 14.3. The number of esters is 1. The number of ether oxygens (including phenoxy) is 2. The van der Waals surface area contributed by atoms with E-state index in [1.165, 1.54) is 12.2 Å². The van der Waals surface area contributed by atoms with E-state index in [1.807, 2.05) is 135 Å². The first kappa shape index (κ1) is 47.3. The third kappa shape index (κ3) is 14.2. The number of carbonyl (C=O) groups is 5. The van der Waals surface area contributed by atoms with Gasteiger partial charge in [-0.1, -0.05) is 171 Å². The molecule has 4 N–H and O–H groups in total. The third-order valence-corrected chi connectivity index (χ3v) is 10.6. The molecular formula is C51H55ClN4O7. The Bertz CT molecular complexity index is 2180. The molecule has 0 aliphatic heterocycles. The largest absolute Gasteiger partial charge is 0.463 e. The van der Waals surface area contributed by atoms with Crippen LogP contribution < -0.4 is 21.3 Å². The van der Waals surface area contributed by atoms with E-state index in [2.05, 4.69) is 21.3 Å². The fourth-order valence-electron chi connectivity index (χ4n) is 7.20. The van der Waals surface area contributed by atoms with Gasteiger partial charge in [-0.25, -0.2) is 9.59 Å². The smallest absolute Gasteiger partial charge is 0.408 e. The number of carbonyl (C=O) groups excluding carboxylic acids is 5. The first-order valence-corrected chi connectivity index (χ1v) is 21.5. The van der Waals surface area contributed by atoms with Crippen LogP contribution >= 0.6 is 11.6 Å². The van der Waals surface area contributed by atoms with Crippen LogP contribution in [0.2, 0.25) is 5.02 Å². The zero-order chi connectivity index (χ0) is 45.0. The van der Waals surface area contributed by atoms with Gasteiger partial charge in [-0.05, 0) is 54.0 Å². The molecule has 0 radical (unpaired) electrons. The number of hydrogen-bond acceptors (Lipinski definition) is 7. The summed E-state index contributed by atoms with van der Waals surface area (Å²) in [7, 11) is 0. The van der Waals surface area contributed by atoms with Crippen molar-refractivity contribution in [1.82, 2.24) is 21.3 Å². The normalized spacial score (nSPS) is 12.7. The van der Waals surface area contributed by atoms with Crippen LogP contribution in [-0.2, 0) is 47.2 Å². The van der Waals surface area contributed by atoms with Crippen LogP contribution in [0.5, 0.6) is 0 Å². The van der Waals surface area contributed by atoms with Crippen LogP contribution in [0.3, 0.4) is 0 Å². The Hall–Kier alpha value is -6.72. The van der Waals surface area contributed by atoms with Gasteiger partial charge >= 0.3 is 12.1 Å². The Morgan fingerprint density at radius 2 is 1.17 bits per heavy atom. The SMILES string of the molecule is CCOC(=O)/C=C/[C@H](CCC(=O)NC(c1ccccc1)(c1ccccc1)c1ccccc1)NC(=O)[C@H](Cc1ccccc1)NC(=O)[C@H](CC(C)C)NC(=O)OCc1ccccc1Cl. The number of benzene rings is 5. The molecular weight excluding hydrogens is 816 g/mol. The van der Waals surface area contributed by atoms with Crippen molar-refractivity contribution < 1.29 is 33.4 Å². The van der Waals surface area contributed by atoms with Gasteiger partial charge in [0.1, 0.15) is 24.2 Å². The van der Waals surface area contributed by atoms with E-state index >= 15 is 0 Å². The summed E-state index contributed by atoms with van der Waals surface area (Å²) in [6.45, 7) is 5.54. The standard InChI is InChI=1S/C51H55ClN4O7/c1-4-62-47(58)32-30-42(29-31-46(57)56-51(39-22-11-6-12-23-39,40-24-13-7-14-25-40)41-26-15-8-16-27-41)53-48(59)45(34-37-19-9-5-10-20-37)54-49(60)44(33-36(2)3)55-50(61)63-35-38-21-17-18-28-43(38)52/h5-28,30,32,36,42,44-45H,4,29,31,33-35H2,1-3H3,(H,53,59)(H,54,60)(H,55,61)(H,56,57)/b32-30+/t42-,44-,45-/m0/s1. The Kier molecular flexibility index (Phi) is 18.1. The van der Waals surface area contributed by atoms with E-state index in [9.17, 15) is 24.0 Å². The molecule has 3 atom stereocenters. The second kappa shape index (κ2) is 24.1.